The van der Waals surface area contributed by atoms with Gasteiger partial charge in [-0.2, -0.15) is 0 Å². The fourth-order valence-corrected chi connectivity index (χ4v) is 2.58. The Labute approximate surface area is 120 Å². The maximum atomic E-state index is 12.3. The molecule has 1 unspecified atom stereocenters. The van der Waals surface area contributed by atoms with Gasteiger partial charge in [0.1, 0.15) is 5.75 Å². The van der Waals surface area contributed by atoms with Crippen molar-refractivity contribution in [2.75, 3.05) is 25.2 Å². The molecular weight excluding hydrogens is 254 g/mol. The number of aryl methyl sites for hydroxylation is 2. The number of rotatable bonds is 5. The Morgan fingerprint density at radius 3 is 2.80 bits per heavy atom. The van der Waals surface area contributed by atoms with Gasteiger partial charge in [-0.15, -0.1) is 0 Å². The van der Waals surface area contributed by atoms with Crippen LogP contribution in [0.3, 0.4) is 0 Å². The van der Waals surface area contributed by atoms with Crippen molar-refractivity contribution in [2.45, 2.75) is 39.7 Å². The highest BCUT2D eigenvalue weighted by Gasteiger charge is 2.31. The van der Waals surface area contributed by atoms with Gasteiger partial charge >= 0.3 is 0 Å². The Bertz CT molecular complexity index is 499. The minimum Gasteiger partial charge on any atom is -0.479 e. The minimum absolute atomic E-state index is 0.0252. The largest absolute Gasteiger partial charge is 0.479 e. The van der Waals surface area contributed by atoms with Crippen molar-refractivity contribution in [3.05, 3.63) is 23.3 Å². The van der Waals surface area contributed by atoms with Gasteiger partial charge in [-0.3, -0.25) is 4.79 Å². The standard InChI is InChI=1S/C16H23NO3/c1-5-13-10-15-14(9-11(13)2)17(7-6-8-19-4)16(18)12(3)20-15/h9-10,12H,5-8H2,1-4H3. The molecule has 1 amide bonds. The van der Waals surface area contributed by atoms with Gasteiger partial charge in [-0.25, -0.2) is 0 Å². The molecule has 1 atom stereocenters. The molecular formula is C16H23NO3. The number of carbonyl (C=O) groups excluding carboxylic acids is 1. The van der Waals surface area contributed by atoms with Crippen LogP contribution in [0.5, 0.6) is 5.75 Å². The maximum Gasteiger partial charge on any atom is 0.267 e. The molecule has 0 fully saturated rings. The van der Waals surface area contributed by atoms with E-state index < -0.39 is 6.10 Å². The molecule has 0 aromatic heterocycles. The first-order valence-corrected chi connectivity index (χ1v) is 7.19. The van der Waals surface area contributed by atoms with Crippen LogP contribution in [-0.2, 0) is 16.0 Å². The summed E-state index contributed by atoms with van der Waals surface area (Å²) in [6.45, 7) is 7.33. The summed E-state index contributed by atoms with van der Waals surface area (Å²) in [4.78, 5) is 14.1. The number of nitrogens with zero attached hydrogens (tertiary/aromatic N) is 1. The molecule has 0 saturated heterocycles. The second kappa shape index (κ2) is 6.27. The SMILES string of the molecule is CCc1cc2c(cc1C)N(CCCOC)C(=O)C(C)O2. The number of ether oxygens (including phenoxy) is 2. The molecule has 0 saturated carbocycles. The van der Waals surface area contributed by atoms with E-state index in [1.165, 1.54) is 11.1 Å². The zero-order valence-electron chi connectivity index (χ0n) is 12.7. The summed E-state index contributed by atoms with van der Waals surface area (Å²) in [5.41, 5.74) is 3.36. The monoisotopic (exact) mass is 277 g/mol. The van der Waals surface area contributed by atoms with Crippen LogP contribution in [0.15, 0.2) is 12.1 Å². The van der Waals surface area contributed by atoms with Crippen LogP contribution in [0.25, 0.3) is 0 Å². The van der Waals surface area contributed by atoms with Gasteiger partial charge in [-0.05, 0) is 49.9 Å². The summed E-state index contributed by atoms with van der Waals surface area (Å²) in [6.07, 6.45) is 1.37. The molecule has 0 N–H and O–H groups in total. The summed E-state index contributed by atoms with van der Waals surface area (Å²) in [6, 6.07) is 4.13. The molecule has 0 aliphatic carbocycles. The molecule has 0 bridgehead atoms. The van der Waals surface area contributed by atoms with Crippen molar-refractivity contribution in [3.63, 3.8) is 0 Å². The van der Waals surface area contributed by atoms with Gasteiger partial charge in [-0.1, -0.05) is 6.92 Å². The zero-order valence-corrected chi connectivity index (χ0v) is 12.7. The molecule has 1 aromatic rings. The summed E-state index contributed by atoms with van der Waals surface area (Å²) >= 11 is 0. The van der Waals surface area contributed by atoms with Crippen LogP contribution in [0.1, 0.15) is 31.4 Å². The highest BCUT2D eigenvalue weighted by Crippen LogP contribution is 2.36. The first-order valence-electron chi connectivity index (χ1n) is 7.19. The lowest BCUT2D eigenvalue weighted by Crippen LogP contribution is -2.45. The maximum absolute atomic E-state index is 12.3. The number of hydrogen-bond acceptors (Lipinski definition) is 3. The molecule has 4 heteroatoms. The zero-order chi connectivity index (χ0) is 14.7. The number of hydrogen-bond donors (Lipinski definition) is 0. The smallest absolute Gasteiger partial charge is 0.267 e. The van der Waals surface area contributed by atoms with E-state index >= 15 is 0 Å². The molecule has 1 aliphatic heterocycles. The Morgan fingerprint density at radius 1 is 1.40 bits per heavy atom. The summed E-state index contributed by atoms with van der Waals surface area (Å²) in [5.74, 6) is 0.842. The predicted octanol–water partition coefficient (Wildman–Crippen LogP) is 2.71. The third kappa shape index (κ3) is 2.80. The highest BCUT2D eigenvalue weighted by atomic mass is 16.5. The van der Waals surface area contributed by atoms with E-state index in [9.17, 15) is 4.79 Å². The fourth-order valence-electron chi connectivity index (χ4n) is 2.58. The van der Waals surface area contributed by atoms with E-state index in [1.807, 2.05) is 4.90 Å². The first kappa shape index (κ1) is 14.9. The van der Waals surface area contributed by atoms with Crippen LogP contribution >= 0.6 is 0 Å². The molecule has 1 aromatic carbocycles. The van der Waals surface area contributed by atoms with Gasteiger partial charge in [0.15, 0.2) is 6.10 Å². The Kier molecular flexibility index (Phi) is 4.65. The Morgan fingerprint density at radius 2 is 2.15 bits per heavy atom. The van der Waals surface area contributed by atoms with E-state index in [1.54, 1.807) is 14.0 Å². The average Bonchev–Trinajstić information content (AvgIpc) is 2.43. The van der Waals surface area contributed by atoms with E-state index in [0.29, 0.717) is 13.2 Å². The lowest BCUT2D eigenvalue weighted by molar-refractivity contribution is -0.125. The van der Waals surface area contributed by atoms with Gasteiger partial charge in [0.2, 0.25) is 0 Å². The minimum atomic E-state index is -0.419. The number of carbonyl (C=O) groups is 1. The summed E-state index contributed by atoms with van der Waals surface area (Å²) in [7, 11) is 1.68. The molecule has 20 heavy (non-hydrogen) atoms. The number of methoxy groups -OCH3 is 1. The van der Waals surface area contributed by atoms with Gasteiger partial charge < -0.3 is 14.4 Å². The molecule has 1 heterocycles. The third-order valence-electron chi connectivity index (χ3n) is 3.74. The van der Waals surface area contributed by atoms with E-state index in [0.717, 1.165) is 24.3 Å². The van der Waals surface area contributed by atoms with Crippen LogP contribution in [-0.4, -0.2) is 32.3 Å². The fraction of sp³-hybridized carbons (Fsp3) is 0.562. The normalized spacial score (nSPS) is 17.9. The number of fused-ring (bicyclic) bond motifs is 1. The third-order valence-corrected chi connectivity index (χ3v) is 3.74. The van der Waals surface area contributed by atoms with Crippen molar-refractivity contribution in [2.24, 2.45) is 0 Å². The highest BCUT2D eigenvalue weighted by molar-refractivity contribution is 6.00. The van der Waals surface area contributed by atoms with E-state index in [2.05, 4.69) is 26.0 Å². The van der Waals surface area contributed by atoms with Crippen molar-refractivity contribution in [1.29, 1.82) is 0 Å². The van der Waals surface area contributed by atoms with E-state index in [4.69, 9.17) is 9.47 Å². The summed E-state index contributed by atoms with van der Waals surface area (Å²) < 4.78 is 10.8. The molecule has 110 valence electrons. The Balaban J connectivity index is 2.33. The predicted molar refractivity (Wildman–Crippen MR) is 79.5 cm³/mol. The lowest BCUT2D eigenvalue weighted by atomic mass is 10.0. The van der Waals surface area contributed by atoms with Crippen molar-refractivity contribution < 1.29 is 14.3 Å². The average molecular weight is 277 g/mol. The van der Waals surface area contributed by atoms with Crippen molar-refractivity contribution in [1.82, 2.24) is 0 Å². The van der Waals surface area contributed by atoms with Crippen LogP contribution < -0.4 is 9.64 Å². The van der Waals surface area contributed by atoms with Gasteiger partial charge in [0.05, 0.1) is 5.69 Å². The number of anilines is 1. The molecule has 0 radical (unpaired) electrons. The molecule has 4 nitrogen and oxygen atoms in total. The second-order valence-electron chi connectivity index (χ2n) is 5.20. The van der Waals surface area contributed by atoms with Crippen LogP contribution in [0.4, 0.5) is 5.69 Å². The number of benzene rings is 1. The number of amides is 1. The van der Waals surface area contributed by atoms with Crippen LogP contribution in [0.2, 0.25) is 0 Å². The molecule has 0 spiro atoms. The van der Waals surface area contributed by atoms with Gasteiger partial charge in [0, 0.05) is 20.3 Å². The summed E-state index contributed by atoms with van der Waals surface area (Å²) in [5, 5.41) is 0. The van der Waals surface area contributed by atoms with Crippen molar-refractivity contribution >= 4 is 11.6 Å². The molecule has 1 aliphatic rings. The second-order valence-corrected chi connectivity index (χ2v) is 5.20. The Hall–Kier alpha value is -1.55. The van der Waals surface area contributed by atoms with Crippen molar-refractivity contribution in [3.8, 4) is 5.75 Å². The molecule has 2 rings (SSSR count). The van der Waals surface area contributed by atoms with Gasteiger partial charge in [0.25, 0.3) is 5.91 Å². The topological polar surface area (TPSA) is 38.8 Å². The quantitative estimate of drug-likeness (QED) is 0.777. The van der Waals surface area contributed by atoms with Crippen LogP contribution in [0, 0.1) is 6.92 Å². The lowest BCUT2D eigenvalue weighted by Gasteiger charge is -2.33. The first-order chi connectivity index (χ1) is 9.58. The van der Waals surface area contributed by atoms with E-state index in [-0.39, 0.29) is 5.91 Å².